The molecule has 0 saturated carbocycles. The van der Waals surface area contributed by atoms with Gasteiger partial charge in [0.1, 0.15) is 17.2 Å². The van der Waals surface area contributed by atoms with Crippen molar-refractivity contribution in [2.75, 3.05) is 33.8 Å². The normalized spacial score (nSPS) is 11.3. The molecule has 0 atom stereocenters. The van der Waals surface area contributed by atoms with E-state index in [4.69, 9.17) is 14.2 Å². The first-order chi connectivity index (χ1) is 11.9. The Bertz CT molecular complexity index is 717. The molecule has 2 rings (SSSR count). The second-order valence-electron chi connectivity index (χ2n) is 5.45. The van der Waals surface area contributed by atoms with Crippen LogP contribution in [-0.4, -0.2) is 38.9 Å². The molecular formula is C19H24O4S2. The second kappa shape index (κ2) is 8.25. The first kappa shape index (κ1) is 19.8. The maximum absolute atomic E-state index is 11.1. The van der Waals surface area contributed by atoms with Crippen LogP contribution in [0.15, 0.2) is 30.3 Å². The molecule has 25 heavy (non-hydrogen) atoms. The lowest BCUT2D eigenvalue weighted by atomic mass is 9.95. The van der Waals surface area contributed by atoms with Gasteiger partial charge in [0.15, 0.2) is 4.27 Å². The maximum atomic E-state index is 11.1. The Morgan fingerprint density at radius 2 is 1.44 bits per heavy atom. The number of thioether (sulfide) groups is 2. The van der Waals surface area contributed by atoms with Gasteiger partial charge in [-0.25, -0.2) is 0 Å². The van der Waals surface area contributed by atoms with Crippen molar-refractivity contribution < 1.29 is 19.3 Å². The van der Waals surface area contributed by atoms with Gasteiger partial charge in [-0.1, -0.05) is 23.8 Å². The van der Waals surface area contributed by atoms with Crippen LogP contribution in [-0.2, 0) is 4.27 Å². The Morgan fingerprint density at radius 1 is 0.880 bits per heavy atom. The van der Waals surface area contributed by atoms with Crippen LogP contribution in [0.2, 0.25) is 0 Å². The third kappa shape index (κ3) is 3.86. The molecule has 0 aliphatic rings. The highest BCUT2D eigenvalue weighted by atomic mass is 32.2. The predicted molar refractivity (Wildman–Crippen MR) is 107 cm³/mol. The van der Waals surface area contributed by atoms with E-state index in [1.54, 1.807) is 21.3 Å². The van der Waals surface area contributed by atoms with Gasteiger partial charge in [0.05, 0.1) is 26.9 Å². The summed E-state index contributed by atoms with van der Waals surface area (Å²) in [5.41, 5.74) is 3.57. The average Bonchev–Trinajstić information content (AvgIpc) is 2.65. The zero-order valence-electron chi connectivity index (χ0n) is 15.4. The smallest absolute Gasteiger partial charge is 0.183 e. The van der Waals surface area contributed by atoms with Gasteiger partial charge >= 0.3 is 0 Å². The van der Waals surface area contributed by atoms with Crippen LogP contribution in [0.3, 0.4) is 0 Å². The van der Waals surface area contributed by atoms with Crippen LogP contribution in [0, 0.1) is 6.92 Å². The number of hydrogen-bond acceptors (Lipinski definition) is 6. The lowest BCUT2D eigenvalue weighted by Gasteiger charge is -2.28. The summed E-state index contributed by atoms with van der Waals surface area (Å²) in [6.07, 6.45) is 3.78. The SMILES string of the molecule is COc1cc(OC)c(-c2cc(C)ccc2C(O)(SC)SC)c(OC)c1. The van der Waals surface area contributed by atoms with Crippen molar-refractivity contribution >= 4 is 23.5 Å². The van der Waals surface area contributed by atoms with E-state index in [1.165, 1.54) is 23.5 Å². The summed E-state index contributed by atoms with van der Waals surface area (Å²) in [6.45, 7) is 2.02. The monoisotopic (exact) mass is 380 g/mol. The summed E-state index contributed by atoms with van der Waals surface area (Å²) >= 11 is 2.77. The fraction of sp³-hybridized carbons (Fsp3) is 0.368. The Balaban J connectivity index is 2.84. The van der Waals surface area contributed by atoms with Gasteiger partial charge in [-0.05, 0) is 25.0 Å². The quantitative estimate of drug-likeness (QED) is 0.713. The van der Waals surface area contributed by atoms with Crippen molar-refractivity contribution in [3.05, 3.63) is 41.5 Å². The molecule has 2 aromatic rings. The van der Waals surface area contributed by atoms with Gasteiger partial charge < -0.3 is 19.3 Å². The number of aryl methyl sites for hydroxylation is 1. The van der Waals surface area contributed by atoms with Gasteiger partial charge in [0, 0.05) is 17.7 Å². The second-order valence-corrected chi connectivity index (χ2v) is 7.70. The van der Waals surface area contributed by atoms with E-state index in [0.717, 1.165) is 22.3 Å². The summed E-state index contributed by atoms with van der Waals surface area (Å²) in [4.78, 5) is 0. The number of methoxy groups -OCH3 is 3. The molecule has 0 amide bonds. The van der Waals surface area contributed by atoms with Crippen molar-refractivity contribution in [1.29, 1.82) is 0 Å². The fourth-order valence-electron chi connectivity index (χ4n) is 2.71. The Morgan fingerprint density at radius 3 is 1.88 bits per heavy atom. The van der Waals surface area contributed by atoms with E-state index >= 15 is 0 Å². The summed E-state index contributed by atoms with van der Waals surface area (Å²) in [6, 6.07) is 9.64. The predicted octanol–water partition coefficient (Wildman–Crippen LogP) is 4.52. The van der Waals surface area contributed by atoms with Crippen molar-refractivity contribution in [1.82, 2.24) is 0 Å². The molecule has 0 heterocycles. The van der Waals surface area contributed by atoms with Gasteiger partial charge in [0.25, 0.3) is 0 Å². The standard InChI is InChI=1S/C19H24O4S2/c1-12-7-8-15(19(20,24-5)25-6)14(9-12)18-16(22-3)10-13(21-2)11-17(18)23-4/h7-11,20H,1-6H3. The van der Waals surface area contributed by atoms with Crippen LogP contribution in [0.25, 0.3) is 11.1 Å². The molecule has 0 spiro atoms. The van der Waals surface area contributed by atoms with E-state index in [2.05, 4.69) is 0 Å². The van der Waals surface area contributed by atoms with Gasteiger partial charge in [-0.3, -0.25) is 0 Å². The third-order valence-electron chi connectivity index (χ3n) is 4.05. The molecule has 0 aromatic heterocycles. The molecule has 0 unspecified atom stereocenters. The fourth-order valence-corrected chi connectivity index (χ4v) is 4.18. The van der Waals surface area contributed by atoms with Crippen LogP contribution in [0.1, 0.15) is 11.1 Å². The van der Waals surface area contributed by atoms with Crippen LogP contribution in [0.4, 0.5) is 0 Å². The summed E-state index contributed by atoms with van der Waals surface area (Å²) < 4.78 is 15.5. The Hall–Kier alpha value is -1.50. The molecule has 0 radical (unpaired) electrons. The van der Waals surface area contributed by atoms with Gasteiger partial charge in [-0.15, -0.1) is 23.5 Å². The number of rotatable bonds is 7. The first-order valence-electron chi connectivity index (χ1n) is 7.68. The largest absolute Gasteiger partial charge is 0.496 e. The number of benzene rings is 2. The highest BCUT2D eigenvalue weighted by Crippen LogP contribution is 2.50. The minimum absolute atomic E-state index is 0.632. The molecule has 136 valence electrons. The third-order valence-corrected chi connectivity index (χ3v) is 6.60. The zero-order valence-corrected chi connectivity index (χ0v) is 17.0. The lowest BCUT2D eigenvalue weighted by molar-refractivity contribution is 0.236. The highest BCUT2D eigenvalue weighted by Gasteiger charge is 2.32. The topological polar surface area (TPSA) is 47.9 Å². The minimum atomic E-state index is -1.07. The zero-order chi connectivity index (χ0) is 18.6. The van der Waals surface area contributed by atoms with E-state index in [1.807, 2.05) is 49.8 Å². The first-order valence-corrected chi connectivity index (χ1v) is 10.1. The number of aliphatic hydroxyl groups is 1. The van der Waals surface area contributed by atoms with Crippen LogP contribution >= 0.6 is 23.5 Å². The average molecular weight is 381 g/mol. The van der Waals surface area contributed by atoms with Crippen LogP contribution < -0.4 is 14.2 Å². The van der Waals surface area contributed by atoms with E-state index in [-0.39, 0.29) is 0 Å². The molecule has 6 heteroatoms. The highest BCUT2D eigenvalue weighted by molar-refractivity contribution is 8.16. The molecule has 2 aromatic carbocycles. The molecule has 1 N–H and O–H groups in total. The van der Waals surface area contributed by atoms with Crippen molar-refractivity contribution in [3.8, 4) is 28.4 Å². The molecule has 0 bridgehead atoms. The lowest BCUT2D eigenvalue weighted by Crippen LogP contribution is -2.17. The molecule has 0 aliphatic carbocycles. The number of hydrogen-bond donors (Lipinski definition) is 1. The number of ether oxygens (including phenoxy) is 3. The van der Waals surface area contributed by atoms with E-state index < -0.39 is 4.27 Å². The van der Waals surface area contributed by atoms with Crippen molar-refractivity contribution in [2.45, 2.75) is 11.2 Å². The van der Waals surface area contributed by atoms with Crippen molar-refractivity contribution in [3.63, 3.8) is 0 Å². The molecule has 0 fully saturated rings. The van der Waals surface area contributed by atoms with Crippen LogP contribution in [0.5, 0.6) is 17.2 Å². The van der Waals surface area contributed by atoms with Gasteiger partial charge in [0.2, 0.25) is 0 Å². The molecule has 4 nitrogen and oxygen atoms in total. The molecule has 0 aliphatic heterocycles. The van der Waals surface area contributed by atoms with E-state index in [0.29, 0.717) is 17.2 Å². The molecular weight excluding hydrogens is 356 g/mol. The van der Waals surface area contributed by atoms with Crippen molar-refractivity contribution in [2.24, 2.45) is 0 Å². The van der Waals surface area contributed by atoms with E-state index in [9.17, 15) is 5.11 Å². The summed E-state index contributed by atoms with van der Waals surface area (Å²) in [7, 11) is 4.83. The Labute approximate surface area is 157 Å². The minimum Gasteiger partial charge on any atom is -0.496 e. The summed E-state index contributed by atoms with van der Waals surface area (Å²) in [5, 5.41) is 11.1. The summed E-state index contributed by atoms with van der Waals surface area (Å²) in [5.74, 6) is 1.91. The Kier molecular flexibility index (Phi) is 6.54. The molecule has 0 saturated heterocycles. The maximum Gasteiger partial charge on any atom is 0.183 e. The van der Waals surface area contributed by atoms with Gasteiger partial charge in [-0.2, -0.15) is 0 Å².